The highest BCUT2D eigenvalue weighted by Gasteiger charge is 2.35. The molecule has 5 rings (SSSR count). The highest BCUT2D eigenvalue weighted by Crippen LogP contribution is 2.31. The van der Waals surface area contributed by atoms with Crippen molar-refractivity contribution < 1.29 is 14.3 Å². The molecule has 6 nitrogen and oxygen atoms in total. The first kappa shape index (κ1) is 22.0. The van der Waals surface area contributed by atoms with Gasteiger partial charge in [-0.05, 0) is 61.7 Å². The number of carbonyl (C=O) groups is 2. The van der Waals surface area contributed by atoms with Crippen molar-refractivity contribution in [3.8, 4) is 10.6 Å². The number of rotatable bonds is 5. The van der Waals surface area contributed by atoms with Crippen LogP contribution in [0.15, 0.2) is 42.5 Å². The number of benzene rings is 2. The molecule has 1 aliphatic carbocycles. The minimum atomic E-state index is -0.689. The van der Waals surface area contributed by atoms with Crippen LogP contribution in [0, 0.1) is 6.92 Å². The number of aryl methyl sites for hydroxylation is 1. The Kier molecular flexibility index (Phi) is 6.42. The highest BCUT2D eigenvalue weighted by atomic mass is 32.1. The normalized spacial score (nSPS) is 19.7. The Morgan fingerprint density at radius 3 is 2.73 bits per heavy atom. The molecule has 0 bridgehead atoms. The van der Waals surface area contributed by atoms with E-state index in [0.29, 0.717) is 24.9 Å². The highest BCUT2D eigenvalue weighted by molar-refractivity contribution is 7.21. The Morgan fingerprint density at radius 2 is 1.94 bits per heavy atom. The van der Waals surface area contributed by atoms with Crippen LogP contribution in [0.5, 0.6) is 0 Å². The maximum Gasteiger partial charge on any atom is 0.252 e. The number of hydrogen-bond donors (Lipinski definition) is 1. The Labute approximate surface area is 198 Å². The second-order valence-electron chi connectivity index (χ2n) is 9.00. The molecular formula is C26H29N3O3S. The second-order valence-corrected chi connectivity index (χ2v) is 10.0. The third kappa shape index (κ3) is 4.94. The van der Waals surface area contributed by atoms with Crippen LogP contribution in [0.25, 0.3) is 20.8 Å². The topological polar surface area (TPSA) is 71.5 Å². The van der Waals surface area contributed by atoms with E-state index in [9.17, 15) is 9.59 Å². The first-order valence-corrected chi connectivity index (χ1v) is 12.6. The standard InChI is InChI=1S/C26H29N3O3S/c1-17-7-12-21-23(15-17)33-25(28-21)18-8-10-19(11-9-18)27-24(30)16-22-26(31)29(13-14-32-22)20-5-3-2-4-6-20/h7-12,15,20,22H,2-6,13-14,16H2,1H3,(H,27,30). The van der Waals surface area contributed by atoms with Crippen LogP contribution in [0.2, 0.25) is 0 Å². The zero-order valence-corrected chi connectivity index (χ0v) is 19.7. The van der Waals surface area contributed by atoms with Crippen LogP contribution in [-0.4, -0.2) is 47.0 Å². The zero-order valence-electron chi connectivity index (χ0n) is 18.9. The van der Waals surface area contributed by atoms with Gasteiger partial charge in [-0.2, -0.15) is 0 Å². The lowest BCUT2D eigenvalue weighted by Gasteiger charge is -2.39. The largest absolute Gasteiger partial charge is 0.366 e. The van der Waals surface area contributed by atoms with Crippen molar-refractivity contribution in [2.75, 3.05) is 18.5 Å². The van der Waals surface area contributed by atoms with Gasteiger partial charge in [-0.15, -0.1) is 11.3 Å². The maximum atomic E-state index is 12.9. The van der Waals surface area contributed by atoms with Crippen molar-refractivity contribution >= 4 is 39.1 Å². The van der Waals surface area contributed by atoms with Crippen molar-refractivity contribution in [2.45, 2.75) is 57.6 Å². The summed E-state index contributed by atoms with van der Waals surface area (Å²) in [5, 5.41) is 3.87. The molecule has 2 fully saturated rings. The van der Waals surface area contributed by atoms with E-state index in [-0.39, 0.29) is 18.2 Å². The number of ether oxygens (including phenoxy) is 1. The van der Waals surface area contributed by atoms with Crippen LogP contribution < -0.4 is 5.32 Å². The average molecular weight is 464 g/mol. The molecule has 1 saturated carbocycles. The molecule has 1 unspecified atom stereocenters. The van der Waals surface area contributed by atoms with Crippen LogP contribution >= 0.6 is 11.3 Å². The number of aromatic nitrogens is 1. The van der Waals surface area contributed by atoms with Gasteiger partial charge >= 0.3 is 0 Å². The van der Waals surface area contributed by atoms with Gasteiger partial charge in [-0.3, -0.25) is 9.59 Å². The minimum absolute atomic E-state index is 0.0373. The summed E-state index contributed by atoms with van der Waals surface area (Å²) in [5.74, 6) is -0.244. The SMILES string of the molecule is Cc1ccc2nc(-c3ccc(NC(=O)CC4OCCN(C5CCCCC5)C4=O)cc3)sc2c1. The summed E-state index contributed by atoms with van der Waals surface area (Å²) in [5.41, 5.74) is 3.93. The molecule has 1 N–H and O–H groups in total. The fraction of sp³-hybridized carbons (Fsp3) is 0.423. The van der Waals surface area contributed by atoms with Crippen molar-refractivity contribution in [3.05, 3.63) is 48.0 Å². The molecule has 3 aromatic rings. The summed E-state index contributed by atoms with van der Waals surface area (Å²) in [7, 11) is 0. The molecule has 0 radical (unpaired) electrons. The summed E-state index contributed by atoms with van der Waals surface area (Å²) in [6, 6.07) is 14.3. The van der Waals surface area contributed by atoms with Crippen LogP contribution in [-0.2, 0) is 14.3 Å². The fourth-order valence-electron chi connectivity index (χ4n) is 4.79. The van der Waals surface area contributed by atoms with Gasteiger partial charge in [-0.1, -0.05) is 25.3 Å². The minimum Gasteiger partial charge on any atom is -0.366 e. The van der Waals surface area contributed by atoms with Gasteiger partial charge in [-0.25, -0.2) is 4.98 Å². The van der Waals surface area contributed by atoms with E-state index in [0.717, 1.165) is 28.9 Å². The molecule has 2 heterocycles. The number of nitrogens with one attached hydrogen (secondary N) is 1. The molecule has 33 heavy (non-hydrogen) atoms. The van der Waals surface area contributed by atoms with E-state index >= 15 is 0 Å². The average Bonchev–Trinajstić information content (AvgIpc) is 3.25. The monoisotopic (exact) mass is 463 g/mol. The molecular weight excluding hydrogens is 434 g/mol. The van der Waals surface area contributed by atoms with Gasteiger partial charge in [0.2, 0.25) is 5.91 Å². The molecule has 1 aromatic heterocycles. The number of thiazole rings is 1. The van der Waals surface area contributed by atoms with Gasteiger partial charge in [0.05, 0.1) is 23.2 Å². The Balaban J connectivity index is 1.20. The summed E-state index contributed by atoms with van der Waals surface area (Å²) >= 11 is 1.66. The van der Waals surface area contributed by atoms with E-state index < -0.39 is 6.10 Å². The maximum absolute atomic E-state index is 12.9. The van der Waals surface area contributed by atoms with E-state index in [2.05, 4.69) is 24.4 Å². The van der Waals surface area contributed by atoms with E-state index in [1.54, 1.807) is 11.3 Å². The van der Waals surface area contributed by atoms with Crippen molar-refractivity contribution in [2.24, 2.45) is 0 Å². The zero-order chi connectivity index (χ0) is 22.8. The first-order chi connectivity index (χ1) is 16.1. The van der Waals surface area contributed by atoms with Gasteiger partial charge in [0.15, 0.2) is 0 Å². The van der Waals surface area contributed by atoms with Gasteiger partial charge in [0.25, 0.3) is 5.91 Å². The Bertz CT molecular complexity index is 1150. The van der Waals surface area contributed by atoms with E-state index in [1.807, 2.05) is 35.2 Å². The number of fused-ring (bicyclic) bond motifs is 1. The van der Waals surface area contributed by atoms with Gasteiger partial charge < -0.3 is 15.0 Å². The molecule has 2 amide bonds. The summed E-state index contributed by atoms with van der Waals surface area (Å²) in [6.45, 7) is 3.21. The van der Waals surface area contributed by atoms with Crippen molar-refractivity contribution in [3.63, 3.8) is 0 Å². The van der Waals surface area contributed by atoms with Crippen molar-refractivity contribution in [1.82, 2.24) is 9.88 Å². The molecule has 1 saturated heterocycles. The number of morpholine rings is 1. The fourth-order valence-corrected chi connectivity index (χ4v) is 5.86. The number of hydrogen-bond acceptors (Lipinski definition) is 5. The number of amides is 2. The third-order valence-electron chi connectivity index (χ3n) is 6.56. The predicted octanol–water partition coefficient (Wildman–Crippen LogP) is 5.16. The molecule has 2 aromatic carbocycles. The van der Waals surface area contributed by atoms with E-state index in [4.69, 9.17) is 9.72 Å². The number of anilines is 1. The molecule has 1 aliphatic heterocycles. The van der Waals surface area contributed by atoms with Crippen molar-refractivity contribution in [1.29, 1.82) is 0 Å². The predicted molar refractivity (Wildman–Crippen MR) is 131 cm³/mol. The molecule has 172 valence electrons. The smallest absolute Gasteiger partial charge is 0.252 e. The first-order valence-electron chi connectivity index (χ1n) is 11.8. The molecule has 2 aliphatic rings. The van der Waals surface area contributed by atoms with Gasteiger partial charge in [0, 0.05) is 23.8 Å². The van der Waals surface area contributed by atoms with Crippen LogP contribution in [0.4, 0.5) is 5.69 Å². The van der Waals surface area contributed by atoms with Crippen LogP contribution in [0.3, 0.4) is 0 Å². The summed E-state index contributed by atoms with van der Waals surface area (Å²) in [6.07, 6.45) is 5.07. The van der Waals surface area contributed by atoms with Crippen LogP contribution in [0.1, 0.15) is 44.1 Å². The third-order valence-corrected chi connectivity index (χ3v) is 7.62. The molecule has 7 heteroatoms. The lowest BCUT2D eigenvalue weighted by molar-refractivity contribution is -0.159. The Morgan fingerprint density at radius 1 is 1.15 bits per heavy atom. The summed E-state index contributed by atoms with van der Waals surface area (Å²) < 4.78 is 6.84. The lowest BCUT2D eigenvalue weighted by Crippen LogP contribution is -2.53. The number of carbonyl (C=O) groups excluding carboxylic acids is 2. The quantitative estimate of drug-likeness (QED) is 0.567. The Hall–Kier alpha value is -2.77. The van der Waals surface area contributed by atoms with E-state index in [1.165, 1.54) is 29.5 Å². The lowest BCUT2D eigenvalue weighted by atomic mass is 9.93. The van der Waals surface area contributed by atoms with Gasteiger partial charge in [0.1, 0.15) is 11.1 Å². The summed E-state index contributed by atoms with van der Waals surface area (Å²) in [4.78, 5) is 32.2. The molecule has 1 atom stereocenters. The number of nitrogens with zero attached hydrogens (tertiary/aromatic N) is 2. The molecule has 0 spiro atoms. The second kappa shape index (κ2) is 9.61.